The molecule has 1 unspecified atom stereocenters. The molecule has 2 heterocycles. The maximum atomic E-state index is 13.5. The first-order valence-electron chi connectivity index (χ1n) is 11.6. The summed E-state index contributed by atoms with van der Waals surface area (Å²) in [7, 11) is 1.27. The Hall–Kier alpha value is -3.49. The van der Waals surface area contributed by atoms with Crippen molar-refractivity contribution in [1.82, 2.24) is 19.8 Å². The van der Waals surface area contributed by atoms with Crippen molar-refractivity contribution in [3.63, 3.8) is 0 Å². The fraction of sp³-hybridized carbons (Fsp3) is 0.480. The molecule has 9 heteroatoms. The second kappa shape index (κ2) is 10.6. The molecule has 3 rings (SSSR count). The van der Waals surface area contributed by atoms with Crippen LogP contribution in [0.15, 0.2) is 24.3 Å². The summed E-state index contributed by atoms with van der Waals surface area (Å²) in [5, 5.41) is 2.93. The average molecular weight is 468 g/mol. The summed E-state index contributed by atoms with van der Waals surface area (Å²) in [4.78, 5) is 50.9. The Morgan fingerprint density at radius 1 is 1.15 bits per heavy atom. The highest BCUT2D eigenvalue weighted by atomic mass is 16.5. The zero-order valence-corrected chi connectivity index (χ0v) is 20.7. The quantitative estimate of drug-likeness (QED) is 0.673. The van der Waals surface area contributed by atoms with Crippen LogP contribution in [0.25, 0.3) is 0 Å². The topological polar surface area (TPSA) is 105 Å². The van der Waals surface area contributed by atoms with Crippen molar-refractivity contribution >= 4 is 23.6 Å². The zero-order chi connectivity index (χ0) is 25.0. The van der Waals surface area contributed by atoms with Crippen molar-refractivity contribution < 1.29 is 19.1 Å². The number of aryl methyl sites for hydroxylation is 2. The van der Waals surface area contributed by atoms with Crippen LogP contribution in [-0.2, 0) is 11.2 Å². The number of rotatable bonds is 5. The molecule has 3 amide bonds. The van der Waals surface area contributed by atoms with Crippen LogP contribution in [0.3, 0.4) is 0 Å². The maximum Gasteiger partial charge on any atom is 0.342 e. The number of anilines is 1. The predicted molar refractivity (Wildman–Crippen MR) is 129 cm³/mol. The average Bonchev–Trinajstić information content (AvgIpc) is 2.82. The Kier molecular flexibility index (Phi) is 7.86. The Morgan fingerprint density at radius 3 is 2.38 bits per heavy atom. The van der Waals surface area contributed by atoms with Crippen LogP contribution in [0.4, 0.5) is 10.5 Å². The van der Waals surface area contributed by atoms with Gasteiger partial charge in [-0.1, -0.05) is 32.9 Å². The molecular formula is C25H33N5O4. The van der Waals surface area contributed by atoms with Gasteiger partial charge < -0.3 is 19.9 Å². The van der Waals surface area contributed by atoms with Gasteiger partial charge in [0.15, 0.2) is 0 Å². The molecule has 34 heavy (non-hydrogen) atoms. The van der Waals surface area contributed by atoms with Crippen LogP contribution >= 0.6 is 0 Å². The molecule has 0 bridgehead atoms. The van der Waals surface area contributed by atoms with E-state index in [2.05, 4.69) is 22.2 Å². The smallest absolute Gasteiger partial charge is 0.342 e. The molecule has 9 nitrogen and oxygen atoms in total. The third-order valence-corrected chi connectivity index (χ3v) is 5.98. The maximum absolute atomic E-state index is 13.5. The fourth-order valence-electron chi connectivity index (χ4n) is 4.08. The number of hydrogen-bond donors (Lipinski definition) is 1. The summed E-state index contributed by atoms with van der Waals surface area (Å²) in [6.07, 6.45) is 0.934. The second-order valence-corrected chi connectivity index (χ2v) is 8.80. The molecule has 1 aliphatic rings. The van der Waals surface area contributed by atoms with E-state index in [1.54, 1.807) is 16.7 Å². The van der Waals surface area contributed by atoms with Crippen molar-refractivity contribution in [2.45, 2.75) is 53.0 Å². The Bertz CT molecular complexity index is 1070. The number of piperazine rings is 1. The highest BCUT2D eigenvalue weighted by Gasteiger charge is 2.34. The molecule has 1 N–H and O–H groups in total. The molecular weight excluding hydrogens is 434 g/mol. The van der Waals surface area contributed by atoms with E-state index in [1.807, 2.05) is 45.0 Å². The molecule has 0 saturated carbocycles. The largest absolute Gasteiger partial charge is 0.465 e. The van der Waals surface area contributed by atoms with Crippen molar-refractivity contribution in [2.75, 3.05) is 32.1 Å². The molecule has 0 spiro atoms. The van der Waals surface area contributed by atoms with Crippen molar-refractivity contribution in [1.29, 1.82) is 0 Å². The van der Waals surface area contributed by atoms with Crippen LogP contribution in [0.1, 0.15) is 71.5 Å². The molecule has 182 valence electrons. The minimum atomic E-state index is -0.632. The molecule has 1 aromatic heterocycles. The van der Waals surface area contributed by atoms with E-state index >= 15 is 0 Å². The third-order valence-electron chi connectivity index (χ3n) is 5.98. The first-order chi connectivity index (χ1) is 16.2. The van der Waals surface area contributed by atoms with Crippen LogP contribution in [-0.4, -0.2) is 70.5 Å². The number of urea groups is 1. The minimum absolute atomic E-state index is 0.0455. The van der Waals surface area contributed by atoms with Gasteiger partial charge in [-0.2, -0.15) is 0 Å². The summed E-state index contributed by atoms with van der Waals surface area (Å²) >= 11 is 0. The summed E-state index contributed by atoms with van der Waals surface area (Å²) in [6.45, 7) is 10.5. The molecule has 0 radical (unpaired) electrons. The Balaban J connectivity index is 1.76. The Labute approximate surface area is 200 Å². The lowest BCUT2D eigenvalue weighted by atomic mass is 10.0. The lowest BCUT2D eigenvalue weighted by molar-refractivity contribution is 0.0550. The normalized spacial score (nSPS) is 15.9. The van der Waals surface area contributed by atoms with Crippen molar-refractivity contribution in [3.05, 3.63) is 52.6 Å². The predicted octanol–water partition coefficient (Wildman–Crippen LogP) is 3.64. The number of carbonyl (C=O) groups is 3. The van der Waals surface area contributed by atoms with Gasteiger partial charge >= 0.3 is 12.0 Å². The van der Waals surface area contributed by atoms with E-state index < -0.39 is 5.97 Å². The monoisotopic (exact) mass is 467 g/mol. The molecule has 1 aliphatic heterocycles. The molecule has 2 aromatic rings. The minimum Gasteiger partial charge on any atom is -0.465 e. The van der Waals surface area contributed by atoms with Crippen molar-refractivity contribution in [2.24, 2.45) is 0 Å². The molecule has 1 atom stereocenters. The molecule has 1 aromatic carbocycles. The Morgan fingerprint density at radius 2 is 1.82 bits per heavy atom. The van der Waals surface area contributed by atoms with Crippen LogP contribution in [0.2, 0.25) is 0 Å². The standard InChI is InChI=1S/C25H33N5O4/c1-7-18-8-10-19(11-9-18)28-25(33)30-13-12-29(14-16(30)4)23(31)22-20(24(32)34-6)21(15(2)3)26-17(5)27-22/h8-11,15-16H,7,12-14H2,1-6H3,(H,28,33). The first-order valence-corrected chi connectivity index (χ1v) is 11.6. The van der Waals surface area contributed by atoms with Gasteiger partial charge in [-0.3, -0.25) is 4.79 Å². The zero-order valence-electron chi connectivity index (χ0n) is 20.7. The van der Waals surface area contributed by atoms with Crippen LogP contribution < -0.4 is 5.32 Å². The van der Waals surface area contributed by atoms with Gasteiger partial charge in [-0.15, -0.1) is 0 Å². The number of esters is 1. The number of nitrogens with zero attached hydrogens (tertiary/aromatic N) is 4. The van der Waals surface area contributed by atoms with Gasteiger partial charge in [0.1, 0.15) is 17.1 Å². The summed E-state index contributed by atoms with van der Waals surface area (Å²) in [5.74, 6) is -0.671. The van der Waals surface area contributed by atoms with Crippen molar-refractivity contribution in [3.8, 4) is 0 Å². The van der Waals surface area contributed by atoms with E-state index in [4.69, 9.17) is 4.74 Å². The second-order valence-electron chi connectivity index (χ2n) is 8.80. The van der Waals surface area contributed by atoms with E-state index in [0.29, 0.717) is 31.2 Å². The summed E-state index contributed by atoms with van der Waals surface area (Å²) in [5.41, 5.74) is 2.57. The number of hydrogen-bond acceptors (Lipinski definition) is 6. The SMILES string of the molecule is CCc1ccc(NC(=O)N2CCN(C(=O)c3nc(C)nc(C(C)C)c3C(=O)OC)CC2C)cc1. The fourth-order valence-corrected chi connectivity index (χ4v) is 4.08. The number of carbonyl (C=O) groups excluding carboxylic acids is 3. The van der Waals surface area contributed by atoms with E-state index in [-0.39, 0.29) is 35.2 Å². The van der Waals surface area contributed by atoms with Gasteiger partial charge in [0.25, 0.3) is 5.91 Å². The van der Waals surface area contributed by atoms with Gasteiger partial charge in [0, 0.05) is 31.4 Å². The van der Waals surface area contributed by atoms with Crippen LogP contribution in [0.5, 0.6) is 0 Å². The van der Waals surface area contributed by atoms with Gasteiger partial charge in [-0.25, -0.2) is 19.6 Å². The van der Waals surface area contributed by atoms with E-state index in [0.717, 1.165) is 12.1 Å². The number of aromatic nitrogens is 2. The summed E-state index contributed by atoms with van der Waals surface area (Å²) < 4.78 is 4.94. The van der Waals surface area contributed by atoms with Gasteiger partial charge in [-0.05, 0) is 43.9 Å². The number of ether oxygens (including phenoxy) is 1. The number of nitrogens with one attached hydrogen (secondary N) is 1. The lowest BCUT2D eigenvalue weighted by Gasteiger charge is -2.39. The van der Waals surface area contributed by atoms with Crippen LogP contribution in [0, 0.1) is 6.92 Å². The lowest BCUT2D eigenvalue weighted by Crippen LogP contribution is -2.56. The third kappa shape index (κ3) is 5.35. The number of amides is 3. The molecule has 1 fully saturated rings. The van der Waals surface area contributed by atoms with Gasteiger partial charge in [0.05, 0.1) is 12.8 Å². The van der Waals surface area contributed by atoms with Gasteiger partial charge in [0.2, 0.25) is 0 Å². The molecule has 0 aliphatic carbocycles. The number of benzene rings is 1. The van der Waals surface area contributed by atoms with E-state index in [1.165, 1.54) is 12.7 Å². The van der Waals surface area contributed by atoms with E-state index in [9.17, 15) is 14.4 Å². The number of methoxy groups -OCH3 is 1. The first kappa shape index (κ1) is 25.1. The summed E-state index contributed by atoms with van der Waals surface area (Å²) in [6, 6.07) is 7.33. The molecule has 1 saturated heterocycles. The highest BCUT2D eigenvalue weighted by Crippen LogP contribution is 2.23. The highest BCUT2D eigenvalue weighted by molar-refractivity contribution is 6.04.